The molecular weight excluding hydrogens is 344 g/mol. The smallest absolute Gasteiger partial charge is 0.317 e. The van der Waals surface area contributed by atoms with Gasteiger partial charge < -0.3 is 15.1 Å². The molecular formula is C20H34N4OS. The molecule has 1 N–H and O–H groups in total. The number of unbranched alkanes of at least 4 members (excludes halogenated alkanes) is 1. The molecule has 1 fully saturated rings. The maximum absolute atomic E-state index is 12.1. The Morgan fingerprint density at radius 2 is 2.15 bits per heavy atom. The van der Waals surface area contributed by atoms with Crippen molar-refractivity contribution in [1.82, 2.24) is 20.1 Å². The highest BCUT2D eigenvalue weighted by molar-refractivity contribution is 7.09. The number of piperidine rings is 1. The quantitative estimate of drug-likeness (QED) is 0.702. The van der Waals surface area contributed by atoms with Crippen LogP contribution in [0.4, 0.5) is 4.79 Å². The molecule has 6 heteroatoms. The second kappa shape index (κ2) is 10.3. The second-order valence-corrected chi connectivity index (χ2v) is 8.58. The maximum Gasteiger partial charge on any atom is 0.317 e. The Bertz CT molecular complexity index is 556. The molecule has 0 aromatic carbocycles. The molecule has 1 aliphatic carbocycles. The lowest BCUT2D eigenvalue weighted by atomic mass is 9.96. The van der Waals surface area contributed by atoms with Gasteiger partial charge in [-0.2, -0.15) is 0 Å². The normalized spacial score (nSPS) is 20.2. The average molecular weight is 379 g/mol. The minimum Gasteiger partial charge on any atom is -0.338 e. The van der Waals surface area contributed by atoms with Crippen molar-refractivity contribution in [2.24, 2.45) is 0 Å². The first kappa shape index (κ1) is 19.6. The van der Waals surface area contributed by atoms with Crippen molar-refractivity contribution in [2.75, 3.05) is 32.7 Å². The molecule has 5 nitrogen and oxygen atoms in total. The van der Waals surface area contributed by atoms with Crippen molar-refractivity contribution < 1.29 is 4.79 Å². The summed E-state index contributed by atoms with van der Waals surface area (Å²) >= 11 is 1.82. The summed E-state index contributed by atoms with van der Waals surface area (Å²) in [6.07, 6.45) is 10.6. The average Bonchev–Trinajstić information content (AvgIpc) is 3.15. The Morgan fingerprint density at radius 1 is 1.31 bits per heavy atom. The van der Waals surface area contributed by atoms with Gasteiger partial charge in [0, 0.05) is 30.6 Å². The summed E-state index contributed by atoms with van der Waals surface area (Å²) in [5.41, 5.74) is 3.34. The highest BCUT2D eigenvalue weighted by Crippen LogP contribution is 2.27. The number of nitrogens with zero attached hydrogens (tertiary/aromatic N) is 3. The van der Waals surface area contributed by atoms with Crippen LogP contribution < -0.4 is 5.32 Å². The number of aromatic nitrogens is 1. The number of amides is 2. The summed E-state index contributed by atoms with van der Waals surface area (Å²) in [7, 11) is 0. The molecule has 0 saturated carbocycles. The Morgan fingerprint density at radius 3 is 2.96 bits per heavy atom. The molecule has 1 saturated heterocycles. The molecule has 0 radical (unpaired) electrons. The van der Waals surface area contributed by atoms with Crippen LogP contribution in [-0.4, -0.2) is 59.6 Å². The van der Waals surface area contributed by atoms with Crippen molar-refractivity contribution in [1.29, 1.82) is 0 Å². The molecule has 26 heavy (non-hydrogen) atoms. The van der Waals surface area contributed by atoms with E-state index in [-0.39, 0.29) is 6.03 Å². The van der Waals surface area contributed by atoms with Crippen LogP contribution in [0.3, 0.4) is 0 Å². The molecule has 1 aliphatic heterocycles. The summed E-state index contributed by atoms with van der Waals surface area (Å²) in [5.74, 6) is 0. The number of carbonyl (C=O) groups excluding carboxylic acids is 1. The molecule has 3 rings (SSSR count). The Labute approximate surface area is 162 Å². The number of hydrogen-bond acceptors (Lipinski definition) is 4. The zero-order valence-corrected chi connectivity index (χ0v) is 17.0. The van der Waals surface area contributed by atoms with Crippen molar-refractivity contribution in [2.45, 2.75) is 70.8 Å². The van der Waals surface area contributed by atoms with Gasteiger partial charge in [-0.25, -0.2) is 9.78 Å². The van der Waals surface area contributed by atoms with E-state index in [4.69, 9.17) is 0 Å². The lowest BCUT2D eigenvalue weighted by Gasteiger charge is -2.34. The van der Waals surface area contributed by atoms with Crippen molar-refractivity contribution in [3.63, 3.8) is 0 Å². The monoisotopic (exact) mass is 378 g/mol. The number of carbonyl (C=O) groups is 1. The van der Waals surface area contributed by atoms with Crippen LogP contribution in [-0.2, 0) is 12.8 Å². The van der Waals surface area contributed by atoms with Gasteiger partial charge in [-0.1, -0.05) is 6.92 Å². The second-order valence-electron chi connectivity index (χ2n) is 7.64. The van der Waals surface area contributed by atoms with E-state index in [9.17, 15) is 4.79 Å². The van der Waals surface area contributed by atoms with Gasteiger partial charge in [-0.05, 0) is 70.9 Å². The van der Waals surface area contributed by atoms with Crippen LogP contribution in [0.15, 0.2) is 5.51 Å². The van der Waals surface area contributed by atoms with E-state index >= 15 is 0 Å². The minimum atomic E-state index is 0.139. The zero-order valence-electron chi connectivity index (χ0n) is 16.2. The third-order valence-corrected chi connectivity index (χ3v) is 6.58. The number of urea groups is 1. The van der Waals surface area contributed by atoms with Gasteiger partial charge in [0.05, 0.1) is 11.2 Å². The molecule has 1 unspecified atom stereocenters. The Balaban J connectivity index is 1.35. The first-order valence-corrected chi connectivity index (χ1v) is 11.3. The van der Waals surface area contributed by atoms with Gasteiger partial charge in [0.2, 0.25) is 0 Å². The summed E-state index contributed by atoms with van der Waals surface area (Å²) in [6, 6.07) is 0.811. The third kappa shape index (κ3) is 5.43. The van der Waals surface area contributed by atoms with E-state index in [0.29, 0.717) is 6.04 Å². The third-order valence-electron chi connectivity index (χ3n) is 5.68. The fourth-order valence-corrected chi connectivity index (χ4v) is 5.09. The fraction of sp³-hybridized carbons (Fsp3) is 0.800. The van der Waals surface area contributed by atoms with E-state index in [1.165, 1.54) is 42.8 Å². The largest absolute Gasteiger partial charge is 0.338 e. The van der Waals surface area contributed by atoms with Gasteiger partial charge in [-0.3, -0.25) is 0 Å². The Hall–Kier alpha value is -1.14. The van der Waals surface area contributed by atoms with Crippen LogP contribution in [0.25, 0.3) is 0 Å². The van der Waals surface area contributed by atoms with Crippen LogP contribution in [0, 0.1) is 0 Å². The molecule has 1 atom stereocenters. The lowest BCUT2D eigenvalue weighted by Crippen LogP contribution is -2.43. The maximum atomic E-state index is 12.1. The van der Waals surface area contributed by atoms with Gasteiger partial charge >= 0.3 is 6.03 Å². The molecule has 2 amide bonds. The van der Waals surface area contributed by atoms with Gasteiger partial charge in [0.25, 0.3) is 0 Å². The predicted octanol–water partition coefficient (Wildman–Crippen LogP) is 3.69. The molecule has 2 aliphatic rings. The van der Waals surface area contributed by atoms with E-state index in [0.717, 1.165) is 58.3 Å². The fourth-order valence-electron chi connectivity index (χ4n) is 4.20. The van der Waals surface area contributed by atoms with Crippen molar-refractivity contribution >= 4 is 17.4 Å². The lowest BCUT2D eigenvalue weighted by molar-refractivity contribution is 0.175. The van der Waals surface area contributed by atoms with Crippen molar-refractivity contribution in [3.05, 3.63) is 16.1 Å². The number of aryl methyl sites for hydroxylation is 1. The molecule has 2 heterocycles. The number of hydrogen-bond donors (Lipinski definition) is 1. The first-order chi connectivity index (χ1) is 12.8. The number of rotatable bonds is 8. The van der Waals surface area contributed by atoms with Gasteiger partial charge in [0.1, 0.15) is 0 Å². The summed E-state index contributed by atoms with van der Waals surface area (Å²) in [5, 5.41) is 3.11. The van der Waals surface area contributed by atoms with Crippen LogP contribution in [0.5, 0.6) is 0 Å². The van der Waals surface area contributed by atoms with Crippen molar-refractivity contribution in [3.8, 4) is 0 Å². The SMILES string of the molecule is CCCN(CCCCNC(=O)N1CCCCC1)C1CCc2ncsc2C1. The van der Waals surface area contributed by atoms with E-state index in [2.05, 4.69) is 22.1 Å². The molecule has 0 bridgehead atoms. The van der Waals surface area contributed by atoms with E-state index < -0.39 is 0 Å². The summed E-state index contributed by atoms with van der Waals surface area (Å²) in [6.45, 7) is 7.26. The first-order valence-electron chi connectivity index (χ1n) is 10.5. The topological polar surface area (TPSA) is 48.5 Å². The number of likely N-dealkylation sites (tertiary alicyclic amines) is 1. The predicted molar refractivity (Wildman–Crippen MR) is 108 cm³/mol. The summed E-state index contributed by atoms with van der Waals surface area (Å²) in [4.78, 5) is 22.8. The van der Waals surface area contributed by atoms with Gasteiger partial charge in [0.15, 0.2) is 0 Å². The number of fused-ring (bicyclic) bond motifs is 1. The minimum absolute atomic E-state index is 0.139. The standard InChI is InChI=1S/C20H34N4OS/c1-2-11-23(17-8-9-18-19(15-17)26-16-22-18)12-7-4-10-21-20(25)24-13-5-3-6-14-24/h16-17H,2-15H2,1H3,(H,21,25). The molecule has 1 aromatic heterocycles. The van der Waals surface area contributed by atoms with Crippen LogP contribution in [0.2, 0.25) is 0 Å². The number of nitrogens with one attached hydrogen (secondary N) is 1. The number of thiazole rings is 1. The van der Waals surface area contributed by atoms with Crippen LogP contribution >= 0.6 is 11.3 Å². The molecule has 0 spiro atoms. The highest BCUT2D eigenvalue weighted by atomic mass is 32.1. The molecule has 146 valence electrons. The highest BCUT2D eigenvalue weighted by Gasteiger charge is 2.25. The Kier molecular flexibility index (Phi) is 7.74. The zero-order chi connectivity index (χ0) is 18.2. The summed E-state index contributed by atoms with van der Waals surface area (Å²) < 4.78 is 0. The van der Waals surface area contributed by atoms with Crippen LogP contribution in [0.1, 0.15) is 62.4 Å². The van der Waals surface area contributed by atoms with Gasteiger partial charge in [-0.15, -0.1) is 11.3 Å². The molecule has 1 aromatic rings. The van der Waals surface area contributed by atoms with E-state index in [1.807, 2.05) is 21.7 Å². The van der Waals surface area contributed by atoms with E-state index in [1.54, 1.807) is 0 Å².